The number of hydrogen-bond donors (Lipinski definition) is 2. The number of hydrogen-bond acceptors (Lipinski definition) is 11. The summed E-state index contributed by atoms with van der Waals surface area (Å²) in [5.74, 6) is -3.30. The number of esters is 2. The van der Waals surface area contributed by atoms with Crippen LogP contribution in [0.15, 0.2) is 0 Å². The third-order valence-corrected chi connectivity index (χ3v) is 3.52. The molecule has 0 aromatic rings. The van der Waals surface area contributed by atoms with Gasteiger partial charge in [0.15, 0.2) is 0 Å². The first kappa shape index (κ1) is 23.9. The molecule has 0 bridgehead atoms. The maximum Gasteiger partial charge on any atom is 0.811 e. The molecule has 0 radical (unpaired) electrons. The van der Waals surface area contributed by atoms with Crippen molar-refractivity contribution in [1.29, 1.82) is 0 Å². The summed E-state index contributed by atoms with van der Waals surface area (Å²) in [5.41, 5.74) is 11.0. The Morgan fingerprint density at radius 2 is 1.15 bits per heavy atom. The zero-order valence-corrected chi connectivity index (χ0v) is 15.6. The summed E-state index contributed by atoms with van der Waals surface area (Å²) in [7, 11) is -3.13. The topological polar surface area (TPSA) is 174 Å². The van der Waals surface area contributed by atoms with Crippen molar-refractivity contribution >= 4 is 32.1 Å². The molecular weight excluding hydrogens is 371 g/mol. The Labute approximate surface area is 151 Å². The van der Waals surface area contributed by atoms with Crippen molar-refractivity contribution in [1.82, 2.24) is 0 Å². The summed E-state index contributed by atoms with van der Waals surface area (Å²) in [6.45, 7) is 3.64. The van der Waals surface area contributed by atoms with Crippen molar-refractivity contribution in [3.05, 3.63) is 0 Å². The highest BCUT2D eigenvalue weighted by molar-refractivity contribution is 7.34. The van der Waals surface area contributed by atoms with Gasteiger partial charge in [0.2, 0.25) is 0 Å². The van der Waals surface area contributed by atoms with Gasteiger partial charge in [-0.3, -0.25) is 9.59 Å². The fourth-order valence-corrected chi connectivity index (χ4v) is 2.15. The van der Waals surface area contributed by atoms with Crippen LogP contribution < -0.4 is 11.5 Å². The first-order valence-electron chi connectivity index (χ1n) is 7.94. The molecule has 0 aliphatic carbocycles. The molecule has 0 rings (SSSR count). The summed E-state index contributed by atoms with van der Waals surface area (Å²) in [4.78, 5) is 45.5. The van der Waals surface area contributed by atoms with Crippen LogP contribution in [0.4, 0.5) is 0 Å². The Bertz CT molecular complexity index is 483. The smallest absolute Gasteiger partial charge is 0.466 e. The van der Waals surface area contributed by atoms with E-state index in [1.165, 1.54) is 0 Å². The molecule has 0 amide bonds. The summed E-state index contributed by atoms with van der Waals surface area (Å²) >= 11 is 0. The van der Waals surface area contributed by atoms with Gasteiger partial charge in [0.25, 0.3) is 0 Å². The van der Waals surface area contributed by atoms with Gasteiger partial charge < -0.3 is 20.9 Å². The molecule has 0 aliphatic heterocycles. The van der Waals surface area contributed by atoms with Crippen LogP contribution in [-0.2, 0) is 42.3 Å². The molecule has 148 valence electrons. The Kier molecular flexibility index (Phi) is 12.1. The lowest BCUT2D eigenvalue weighted by Gasteiger charge is -2.06. The summed E-state index contributed by atoms with van der Waals surface area (Å²) in [6, 6.07) is -2.48. The molecule has 0 aliphatic rings. The minimum atomic E-state index is -3.13. The van der Waals surface area contributed by atoms with E-state index in [2.05, 4.69) is 18.5 Å². The fourth-order valence-electron chi connectivity index (χ4n) is 1.55. The predicted octanol–water partition coefficient (Wildman–Crippen LogP) is 0.0714. The third-order valence-electron chi connectivity index (χ3n) is 2.86. The van der Waals surface area contributed by atoms with Gasteiger partial charge in [-0.15, -0.1) is 0 Å². The molecule has 0 fully saturated rings. The number of carbonyl (C=O) groups excluding carboxylic acids is 4. The Hall–Kier alpha value is -2.10. The Morgan fingerprint density at radius 1 is 0.808 bits per heavy atom. The second-order valence-electron chi connectivity index (χ2n) is 4.94. The van der Waals surface area contributed by atoms with Gasteiger partial charge >= 0.3 is 32.1 Å². The maximum absolute atomic E-state index is 11.6. The van der Waals surface area contributed by atoms with E-state index in [0.717, 1.165) is 0 Å². The highest BCUT2D eigenvalue weighted by Gasteiger charge is 2.36. The molecule has 0 heterocycles. The lowest BCUT2D eigenvalue weighted by Crippen LogP contribution is -2.33. The SMILES string of the molecule is CCOC(=O)CC[C@H](N)C(=O)O[P+](=O)OC(=O)[C@@H](N)CCC(=O)OCC. The van der Waals surface area contributed by atoms with E-state index in [0.29, 0.717) is 0 Å². The normalized spacial score (nSPS) is 12.5. The molecular formula is C14H24N2O9P+. The van der Waals surface area contributed by atoms with Gasteiger partial charge in [0.1, 0.15) is 12.1 Å². The van der Waals surface area contributed by atoms with E-state index in [1.807, 2.05) is 0 Å². The summed E-state index contributed by atoms with van der Waals surface area (Å²) < 4.78 is 29.6. The largest absolute Gasteiger partial charge is 0.811 e. The van der Waals surface area contributed by atoms with Crippen molar-refractivity contribution in [3.8, 4) is 0 Å². The molecule has 0 unspecified atom stereocenters. The monoisotopic (exact) mass is 395 g/mol. The highest BCUT2D eigenvalue weighted by Crippen LogP contribution is 2.26. The van der Waals surface area contributed by atoms with E-state index in [9.17, 15) is 23.7 Å². The molecule has 0 saturated heterocycles. The van der Waals surface area contributed by atoms with E-state index >= 15 is 0 Å². The molecule has 11 nitrogen and oxygen atoms in total. The molecule has 12 heteroatoms. The second kappa shape index (κ2) is 13.2. The summed E-state index contributed by atoms with van der Waals surface area (Å²) in [6.07, 6.45) is -0.430. The van der Waals surface area contributed by atoms with Crippen molar-refractivity contribution in [2.24, 2.45) is 11.5 Å². The first-order chi connectivity index (χ1) is 12.2. The van der Waals surface area contributed by atoms with E-state index < -0.39 is 44.2 Å². The minimum Gasteiger partial charge on any atom is -0.466 e. The molecule has 4 N–H and O–H groups in total. The van der Waals surface area contributed by atoms with Crippen molar-refractivity contribution in [3.63, 3.8) is 0 Å². The number of carbonyl (C=O) groups is 4. The predicted molar refractivity (Wildman–Crippen MR) is 87.5 cm³/mol. The van der Waals surface area contributed by atoms with Crippen molar-refractivity contribution in [2.75, 3.05) is 13.2 Å². The lowest BCUT2D eigenvalue weighted by atomic mass is 10.2. The van der Waals surface area contributed by atoms with E-state index in [4.69, 9.17) is 11.5 Å². The minimum absolute atomic E-state index is 0.0894. The van der Waals surface area contributed by atoms with Gasteiger partial charge in [0.05, 0.1) is 13.2 Å². The van der Waals surface area contributed by atoms with E-state index in [1.54, 1.807) is 13.8 Å². The van der Waals surface area contributed by atoms with E-state index in [-0.39, 0.29) is 38.9 Å². The van der Waals surface area contributed by atoms with Crippen LogP contribution in [-0.4, -0.2) is 49.2 Å². The third kappa shape index (κ3) is 10.7. The van der Waals surface area contributed by atoms with Crippen LogP contribution in [0.2, 0.25) is 0 Å². The molecule has 0 aromatic carbocycles. The van der Waals surface area contributed by atoms with Crippen LogP contribution in [0, 0.1) is 0 Å². The van der Waals surface area contributed by atoms with Crippen LogP contribution in [0.1, 0.15) is 39.5 Å². The number of nitrogens with two attached hydrogens (primary N) is 2. The standard InChI is InChI=1S/C14H24N2O9P/c1-3-22-11(17)7-5-9(15)13(19)24-26(21)25-14(20)10(16)6-8-12(18)23-4-2/h9-10H,3-8,15-16H2,1-2H3/q+1/t9-,10-/m0/s1. The average molecular weight is 395 g/mol. The van der Waals surface area contributed by atoms with Crippen LogP contribution >= 0.6 is 8.25 Å². The molecule has 2 atom stereocenters. The summed E-state index contributed by atoms with van der Waals surface area (Å²) in [5, 5.41) is 0. The molecule has 26 heavy (non-hydrogen) atoms. The maximum atomic E-state index is 11.6. The van der Waals surface area contributed by atoms with Crippen LogP contribution in [0.25, 0.3) is 0 Å². The van der Waals surface area contributed by atoms with Crippen molar-refractivity contribution < 1.29 is 42.3 Å². The average Bonchev–Trinajstić information content (AvgIpc) is 2.57. The fraction of sp³-hybridized carbons (Fsp3) is 0.714. The zero-order valence-electron chi connectivity index (χ0n) is 14.7. The van der Waals surface area contributed by atoms with Gasteiger partial charge in [-0.25, -0.2) is 9.59 Å². The van der Waals surface area contributed by atoms with Gasteiger partial charge in [-0.2, -0.15) is 9.05 Å². The van der Waals surface area contributed by atoms with Gasteiger partial charge in [-0.1, -0.05) is 0 Å². The quantitative estimate of drug-likeness (QED) is 0.338. The molecule has 0 aromatic heterocycles. The Balaban J connectivity index is 4.21. The van der Waals surface area contributed by atoms with Crippen LogP contribution in [0.3, 0.4) is 0 Å². The Morgan fingerprint density at radius 3 is 1.46 bits per heavy atom. The zero-order chi connectivity index (χ0) is 20.1. The highest BCUT2D eigenvalue weighted by atomic mass is 31.1. The number of rotatable bonds is 12. The van der Waals surface area contributed by atoms with Gasteiger partial charge in [-0.05, 0) is 26.7 Å². The molecule has 0 spiro atoms. The first-order valence-corrected chi connectivity index (χ1v) is 9.04. The van der Waals surface area contributed by atoms with Crippen LogP contribution in [0.5, 0.6) is 0 Å². The lowest BCUT2D eigenvalue weighted by molar-refractivity contribution is -0.144. The number of ether oxygens (including phenoxy) is 2. The second-order valence-corrected chi connectivity index (χ2v) is 5.76. The van der Waals surface area contributed by atoms with Gasteiger partial charge in [0, 0.05) is 17.4 Å². The van der Waals surface area contributed by atoms with Crippen molar-refractivity contribution in [2.45, 2.75) is 51.6 Å². The molecule has 0 saturated carbocycles.